The lowest BCUT2D eigenvalue weighted by Crippen LogP contribution is -2.44. The molecule has 1 aliphatic rings. The van der Waals surface area contributed by atoms with Gasteiger partial charge in [0.05, 0.1) is 0 Å². The van der Waals surface area contributed by atoms with E-state index in [0.29, 0.717) is 12.1 Å². The van der Waals surface area contributed by atoms with Crippen LogP contribution in [-0.4, -0.2) is 40.2 Å². The molecule has 0 unspecified atom stereocenters. The molecule has 3 N–H and O–H groups in total. The first-order valence-corrected chi connectivity index (χ1v) is 9.87. The van der Waals surface area contributed by atoms with Gasteiger partial charge in [0.25, 0.3) is 5.91 Å². The molecule has 2 aromatic carbocycles. The van der Waals surface area contributed by atoms with Crippen molar-refractivity contribution in [2.45, 2.75) is 51.6 Å². The third kappa shape index (κ3) is 4.84. The molecule has 0 bridgehead atoms. The summed E-state index contributed by atoms with van der Waals surface area (Å²) in [6, 6.07) is 13.1. The van der Waals surface area contributed by atoms with Gasteiger partial charge in [0, 0.05) is 36.8 Å². The van der Waals surface area contributed by atoms with Crippen molar-refractivity contribution in [3.63, 3.8) is 0 Å². The van der Waals surface area contributed by atoms with Gasteiger partial charge in [0.15, 0.2) is 11.5 Å². The monoisotopic (exact) mass is 382 g/mol. The van der Waals surface area contributed by atoms with E-state index >= 15 is 0 Å². The number of aromatic hydroxyl groups is 2. The van der Waals surface area contributed by atoms with Crippen LogP contribution in [0.4, 0.5) is 0 Å². The molecule has 28 heavy (non-hydrogen) atoms. The second-order valence-electron chi connectivity index (χ2n) is 8.64. The van der Waals surface area contributed by atoms with Crippen LogP contribution in [0, 0.1) is 0 Å². The number of phenols is 2. The maximum atomic E-state index is 12.3. The van der Waals surface area contributed by atoms with Gasteiger partial charge in [-0.2, -0.15) is 0 Å². The minimum Gasteiger partial charge on any atom is -0.504 e. The molecule has 0 aliphatic carbocycles. The molecule has 0 radical (unpaired) electrons. The highest BCUT2D eigenvalue weighted by Gasteiger charge is 2.24. The lowest BCUT2D eigenvalue weighted by atomic mass is 9.85. The van der Waals surface area contributed by atoms with Gasteiger partial charge in [-0.15, -0.1) is 0 Å². The van der Waals surface area contributed by atoms with Crippen molar-refractivity contribution < 1.29 is 15.0 Å². The van der Waals surface area contributed by atoms with E-state index in [2.05, 4.69) is 31.0 Å². The SMILES string of the molecule is CC(C)(C)c1cc(O)c(O)c(CN2CCC(NC(=O)c3ccccc3)CC2)c1. The largest absolute Gasteiger partial charge is 0.504 e. The Morgan fingerprint density at radius 1 is 1.11 bits per heavy atom. The van der Waals surface area contributed by atoms with E-state index in [-0.39, 0.29) is 28.9 Å². The molecule has 1 fully saturated rings. The first-order valence-electron chi connectivity index (χ1n) is 9.87. The van der Waals surface area contributed by atoms with Crippen LogP contribution in [0.2, 0.25) is 0 Å². The molecule has 3 rings (SSSR count). The number of rotatable bonds is 4. The fourth-order valence-corrected chi connectivity index (χ4v) is 3.57. The van der Waals surface area contributed by atoms with E-state index in [1.165, 1.54) is 0 Å². The second kappa shape index (κ2) is 8.23. The van der Waals surface area contributed by atoms with Crippen molar-refractivity contribution in [1.29, 1.82) is 0 Å². The normalized spacial score (nSPS) is 16.1. The zero-order chi connectivity index (χ0) is 20.3. The van der Waals surface area contributed by atoms with E-state index in [4.69, 9.17) is 0 Å². The molecular weight excluding hydrogens is 352 g/mol. The molecule has 2 aromatic rings. The predicted octanol–water partition coefficient (Wildman–Crippen LogP) is 3.79. The Morgan fingerprint density at radius 2 is 1.75 bits per heavy atom. The van der Waals surface area contributed by atoms with Gasteiger partial charge in [-0.1, -0.05) is 45.0 Å². The minimum absolute atomic E-state index is 0.0282. The smallest absolute Gasteiger partial charge is 0.251 e. The van der Waals surface area contributed by atoms with Gasteiger partial charge in [0.1, 0.15) is 0 Å². The first kappa shape index (κ1) is 20.2. The van der Waals surface area contributed by atoms with E-state index < -0.39 is 0 Å². The van der Waals surface area contributed by atoms with Gasteiger partial charge in [-0.3, -0.25) is 9.69 Å². The molecule has 0 aromatic heterocycles. The number of amides is 1. The van der Waals surface area contributed by atoms with Crippen molar-refractivity contribution in [2.24, 2.45) is 0 Å². The molecular formula is C23H30N2O3. The number of hydrogen-bond donors (Lipinski definition) is 3. The number of phenolic OH excluding ortho intramolecular Hbond substituents is 2. The summed E-state index contributed by atoms with van der Waals surface area (Å²) < 4.78 is 0. The number of hydrogen-bond acceptors (Lipinski definition) is 4. The topological polar surface area (TPSA) is 72.8 Å². The quantitative estimate of drug-likeness (QED) is 0.704. The van der Waals surface area contributed by atoms with Crippen molar-refractivity contribution in [3.05, 3.63) is 59.2 Å². The Balaban J connectivity index is 1.59. The number of piperidine rings is 1. The molecule has 5 nitrogen and oxygen atoms in total. The van der Waals surface area contributed by atoms with E-state index in [1.807, 2.05) is 36.4 Å². The van der Waals surface area contributed by atoms with E-state index in [0.717, 1.165) is 37.1 Å². The lowest BCUT2D eigenvalue weighted by Gasteiger charge is -2.33. The summed E-state index contributed by atoms with van der Waals surface area (Å²) in [6.07, 6.45) is 1.73. The summed E-state index contributed by atoms with van der Waals surface area (Å²) in [4.78, 5) is 14.6. The number of nitrogens with one attached hydrogen (secondary N) is 1. The van der Waals surface area contributed by atoms with Gasteiger partial charge in [0.2, 0.25) is 0 Å². The Hall–Kier alpha value is -2.53. The molecule has 0 spiro atoms. The Morgan fingerprint density at radius 3 is 2.36 bits per heavy atom. The van der Waals surface area contributed by atoms with Crippen molar-refractivity contribution in [1.82, 2.24) is 10.2 Å². The molecule has 1 amide bonds. The van der Waals surface area contributed by atoms with Crippen molar-refractivity contribution in [3.8, 4) is 11.5 Å². The summed E-state index contributed by atoms with van der Waals surface area (Å²) in [5.41, 5.74) is 2.33. The highest BCUT2D eigenvalue weighted by molar-refractivity contribution is 5.94. The Labute approximate surface area is 167 Å². The standard InChI is InChI=1S/C23H30N2O3/c1-23(2,3)18-13-17(21(27)20(26)14-18)15-25-11-9-19(10-12-25)24-22(28)16-7-5-4-6-8-16/h4-8,13-14,19,26-27H,9-12,15H2,1-3H3,(H,24,28). The first-order chi connectivity index (χ1) is 13.2. The van der Waals surface area contributed by atoms with E-state index in [9.17, 15) is 15.0 Å². The average molecular weight is 383 g/mol. The Kier molecular flexibility index (Phi) is 5.94. The van der Waals surface area contributed by atoms with Gasteiger partial charge in [-0.05, 0) is 42.0 Å². The second-order valence-corrected chi connectivity index (χ2v) is 8.64. The molecule has 1 saturated heterocycles. The zero-order valence-corrected chi connectivity index (χ0v) is 16.9. The summed E-state index contributed by atoms with van der Waals surface area (Å²) >= 11 is 0. The van der Waals surface area contributed by atoms with Crippen LogP contribution in [-0.2, 0) is 12.0 Å². The summed E-state index contributed by atoms with van der Waals surface area (Å²) in [5, 5.41) is 23.5. The summed E-state index contributed by atoms with van der Waals surface area (Å²) in [5.74, 6) is -0.126. The highest BCUT2D eigenvalue weighted by atomic mass is 16.3. The third-order valence-electron chi connectivity index (χ3n) is 5.39. The molecule has 5 heteroatoms. The molecule has 1 heterocycles. The Bertz CT molecular complexity index is 820. The number of carbonyl (C=O) groups excluding carboxylic acids is 1. The van der Waals surface area contributed by atoms with Crippen LogP contribution in [0.25, 0.3) is 0 Å². The number of benzene rings is 2. The molecule has 0 saturated carbocycles. The molecule has 150 valence electrons. The number of nitrogens with zero attached hydrogens (tertiary/aromatic N) is 1. The van der Waals surface area contributed by atoms with Crippen LogP contribution in [0.3, 0.4) is 0 Å². The lowest BCUT2D eigenvalue weighted by molar-refractivity contribution is 0.0908. The van der Waals surface area contributed by atoms with Crippen LogP contribution in [0.15, 0.2) is 42.5 Å². The van der Waals surface area contributed by atoms with Crippen molar-refractivity contribution in [2.75, 3.05) is 13.1 Å². The summed E-state index contributed by atoms with van der Waals surface area (Å²) in [7, 11) is 0. The fraction of sp³-hybridized carbons (Fsp3) is 0.435. The molecule has 0 atom stereocenters. The minimum atomic E-state index is -0.103. The van der Waals surface area contributed by atoms with Gasteiger partial charge < -0.3 is 15.5 Å². The zero-order valence-electron chi connectivity index (χ0n) is 16.9. The maximum Gasteiger partial charge on any atom is 0.251 e. The van der Waals surface area contributed by atoms with Gasteiger partial charge >= 0.3 is 0 Å². The van der Waals surface area contributed by atoms with Crippen LogP contribution >= 0.6 is 0 Å². The number of likely N-dealkylation sites (tertiary alicyclic amines) is 1. The van der Waals surface area contributed by atoms with Crippen LogP contribution < -0.4 is 5.32 Å². The molecule has 1 aliphatic heterocycles. The maximum absolute atomic E-state index is 12.3. The van der Waals surface area contributed by atoms with E-state index in [1.54, 1.807) is 6.07 Å². The predicted molar refractivity (Wildman–Crippen MR) is 111 cm³/mol. The number of carbonyl (C=O) groups is 1. The van der Waals surface area contributed by atoms with Gasteiger partial charge in [-0.25, -0.2) is 0 Å². The van der Waals surface area contributed by atoms with Crippen LogP contribution in [0.1, 0.15) is 55.1 Å². The third-order valence-corrected chi connectivity index (χ3v) is 5.39. The fourth-order valence-electron chi connectivity index (χ4n) is 3.57. The average Bonchev–Trinajstić information content (AvgIpc) is 2.66. The van der Waals surface area contributed by atoms with Crippen molar-refractivity contribution >= 4 is 5.91 Å². The van der Waals surface area contributed by atoms with Crippen LogP contribution in [0.5, 0.6) is 11.5 Å². The summed E-state index contributed by atoms with van der Waals surface area (Å²) in [6.45, 7) is 8.51. The highest BCUT2D eigenvalue weighted by Crippen LogP contribution is 2.36.